The number of methoxy groups -OCH3 is 1. The SMILES string of the molecule is COc1cc(/C=N/NC(=O)CCn2cnc(-c3ccccc3)c2-c2ccccc2)cc(Br)c1O. The van der Waals surface area contributed by atoms with Crippen LogP contribution in [-0.4, -0.2) is 33.9 Å². The Bertz CT molecular complexity index is 1300. The van der Waals surface area contributed by atoms with Crippen LogP contribution in [0.1, 0.15) is 12.0 Å². The zero-order valence-corrected chi connectivity index (χ0v) is 20.1. The van der Waals surface area contributed by atoms with Gasteiger partial charge >= 0.3 is 0 Å². The number of phenols is 1. The minimum absolute atomic E-state index is 0.00751. The van der Waals surface area contributed by atoms with E-state index in [-0.39, 0.29) is 18.1 Å². The molecule has 0 spiro atoms. The first kappa shape index (κ1) is 23.3. The fourth-order valence-corrected chi connectivity index (χ4v) is 4.00. The monoisotopic (exact) mass is 518 g/mol. The first-order valence-electron chi connectivity index (χ1n) is 10.6. The van der Waals surface area contributed by atoms with E-state index < -0.39 is 0 Å². The van der Waals surface area contributed by atoms with Crippen molar-refractivity contribution in [2.45, 2.75) is 13.0 Å². The van der Waals surface area contributed by atoms with Gasteiger partial charge < -0.3 is 14.4 Å². The molecule has 2 N–H and O–H groups in total. The van der Waals surface area contributed by atoms with Crippen molar-refractivity contribution < 1.29 is 14.6 Å². The maximum Gasteiger partial charge on any atom is 0.241 e. The highest BCUT2D eigenvalue weighted by atomic mass is 79.9. The van der Waals surface area contributed by atoms with E-state index in [1.54, 1.807) is 18.5 Å². The first-order chi connectivity index (χ1) is 16.6. The van der Waals surface area contributed by atoms with Gasteiger partial charge in [0.1, 0.15) is 0 Å². The number of benzene rings is 3. The fraction of sp³-hybridized carbons (Fsp3) is 0.115. The average molecular weight is 519 g/mol. The molecule has 0 fully saturated rings. The topological polar surface area (TPSA) is 88.7 Å². The number of aromatic hydroxyl groups is 1. The van der Waals surface area contributed by atoms with Crippen LogP contribution in [0.3, 0.4) is 0 Å². The summed E-state index contributed by atoms with van der Waals surface area (Å²) >= 11 is 3.27. The average Bonchev–Trinajstić information content (AvgIpc) is 3.30. The van der Waals surface area contributed by atoms with Gasteiger partial charge in [0.05, 0.1) is 35.5 Å². The summed E-state index contributed by atoms with van der Waals surface area (Å²) in [6, 6.07) is 23.3. The lowest BCUT2D eigenvalue weighted by Crippen LogP contribution is -2.19. The molecule has 0 unspecified atom stereocenters. The zero-order valence-electron chi connectivity index (χ0n) is 18.5. The lowest BCUT2D eigenvalue weighted by atomic mass is 10.0. The van der Waals surface area contributed by atoms with Crippen LogP contribution in [0.2, 0.25) is 0 Å². The molecule has 172 valence electrons. The Kier molecular flexibility index (Phi) is 7.39. The molecule has 8 heteroatoms. The molecule has 0 aliphatic heterocycles. The number of halogens is 1. The molecule has 0 aliphatic carbocycles. The third-order valence-electron chi connectivity index (χ3n) is 5.19. The molecule has 1 aromatic heterocycles. The Morgan fingerprint density at radius 1 is 1.12 bits per heavy atom. The molecule has 3 aromatic carbocycles. The van der Waals surface area contributed by atoms with Gasteiger partial charge in [-0.05, 0) is 33.6 Å². The van der Waals surface area contributed by atoms with Gasteiger partial charge in [0.15, 0.2) is 11.5 Å². The van der Waals surface area contributed by atoms with Gasteiger partial charge in [0.2, 0.25) is 5.91 Å². The third-order valence-corrected chi connectivity index (χ3v) is 5.79. The number of hydrogen-bond donors (Lipinski definition) is 2. The van der Waals surface area contributed by atoms with Crippen LogP contribution >= 0.6 is 15.9 Å². The molecule has 0 atom stereocenters. The summed E-state index contributed by atoms with van der Waals surface area (Å²) in [7, 11) is 1.47. The van der Waals surface area contributed by atoms with Crippen LogP contribution in [0.15, 0.2) is 88.7 Å². The fourth-order valence-electron chi connectivity index (χ4n) is 3.54. The van der Waals surface area contributed by atoms with Crippen molar-refractivity contribution in [3.05, 3.63) is 89.2 Å². The molecule has 0 aliphatic rings. The quantitative estimate of drug-likeness (QED) is 0.246. The Morgan fingerprint density at radius 3 is 2.47 bits per heavy atom. The number of aryl methyl sites for hydroxylation is 1. The van der Waals surface area contributed by atoms with Crippen LogP contribution in [-0.2, 0) is 11.3 Å². The summed E-state index contributed by atoms with van der Waals surface area (Å²) in [5.41, 5.74) is 7.10. The lowest BCUT2D eigenvalue weighted by Gasteiger charge is -2.10. The van der Waals surface area contributed by atoms with Crippen LogP contribution < -0.4 is 10.2 Å². The largest absolute Gasteiger partial charge is 0.503 e. The molecule has 1 heterocycles. The molecule has 1 amide bonds. The van der Waals surface area contributed by atoms with Crippen molar-refractivity contribution >= 4 is 28.1 Å². The van der Waals surface area contributed by atoms with Crippen molar-refractivity contribution in [1.29, 1.82) is 0 Å². The molecule has 0 bridgehead atoms. The molecule has 4 rings (SSSR count). The molecule has 0 saturated heterocycles. The van der Waals surface area contributed by atoms with Crippen LogP contribution in [0, 0.1) is 0 Å². The zero-order chi connectivity index (χ0) is 23.9. The Morgan fingerprint density at radius 2 is 1.79 bits per heavy atom. The van der Waals surface area contributed by atoms with Gasteiger partial charge in [-0.25, -0.2) is 10.4 Å². The van der Waals surface area contributed by atoms with Crippen LogP contribution in [0.25, 0.3) is 22.5 Å². The van der Waals surface area contributed by atoms with E-state index in [9.17, 15) is 9.90 Å². The van der Waals surface area contributed by atoms with Gasteiger partial charge in [0, 0.05) is 24.1 Å². The summed E-state index contributed by atoms with van der Waals surface area (Å²) in [6.07, 6.45) is 3.48. The molecular weight excluding hydrogens is 496 g/mol. The van der Waals surface area contributed by atoms with E-state index in [0.717, 1.165) is 22.5 Å². The predicted molar refractivity (Wildman–Crippen MR) is 136 cm³/mol. The molecule has 4 aromatic rings. The van der Waals surface area contributed by atoms with E-state index in [0.29, 0.717) is 22.3 Å². The molecule has 7 nitrogen and oxygen atoms in total. The highest BCUT2D eigenvalue weighted by molar-refractivity contribution is 9.10. The van der Waals surface area contributed by atoms with E-state index >= 15 is 0 Å². The second-order valence-corrected chi connectivity index (χ2v) is 8.32. The van der Waals surface area contributed by atoms with Gasteiger partial charge in [-0.2, -0.15) is 5.10 Å². The summed E-state index contributed by atoms with van der Waals surface area (Å²) in [5.74, 6) is 0.0908. The molecule has 0 radical (unpaired) electrons. The van der Waals surface area contributed by atoms with E-state index in [1.165, 1.54) is 13.3 Å². The number of carbonyl (C=O) groups is 1. The molecule has 34 heavy (non-hydrogen) atoms. The van der Waals surface area contributed by atoms with Crippen molar-refractivity contribution in [2.24, 2.45) is 5.10 Å². The summed E-state index contributed by atoms with van der Waals surface area (Å²) in [6.45, 7) is 0.448. The number of rotatable bonds is 8. The first-order valence-corrected chi connectivity index (χ1v) is 11.4. The van der Waals surface area contributed by atoms with E-state index in [2.05, 4.69) is 31.4 Å². The Hall–Kier alpha value is -3.91. The second-order valence-electron chi connectivity index (χ2n) is 7.46. The summed E-state index contributed by atoms with van der Waals surface area (Å²) in [4.78, 5) is 17.1. The number of carbonyl (C=O) groups excluding carboxylic acids is 1. The smallest absolute Gasteiger partial charge is 0.241 e. The lowest BCUT2D eigenvalue weighted by molar-refractivity contribution is -0.121. The maximum absolute atomic E-state index is 12.4. The molecule has 0 saturated carbocycles. The minimum atomic E-state index is -0.227. The second kappa shape index (κ2) is 10.8. The highest BCUT2D eigenvalue weighted by Crippen LogP contribution is 2.34. The number of ether oxygens (including phenoxy) is 1. The van der Waals surface area contributed by atoms with Crippen molar-refractivity contribution in [2.75, 3.05) is 7.11 Å². The predicted octanol–water partition coefficient (Wildman–Crippen LogP) is 5.23. The van der Waals surface area contributed by atoms with Gasteiger partial charge in [-0.3, -0.25) is 4.79 Å². The van der Waals surface area contributed by atoms with Gasteiger partial charge in [-0.15, -0.1) is 0 Å². The number of aromatic nitrogens is 2. The summed E-state index contributed by atoms with van der Waals surface area (Å²) < 4.78 is 7.59. The Balaban J connectivity index is 1.47. The third kappa shape index (κ3) is 5.35. The van der Waals surface area contributed by atoms with Gasteiger partial charge in [0.25, 0.3) is 0 Å². The number of nitrogens with zero attached hydrogens (tertiary/aromatic N) is 3. The normalized spacial score (nSPS) is 11.0. The number of hydrogen-bond acceptors (Lipinski definition) is 5. The number of imidazole rings is 1. The van der Waals surface area contributed by atoms with E-state index in [1.807, 2.05) is 65.2 Å². The number of amides is 1. The standard InChI is InChI=1S/C26H23BrN4O3/c1-34-22-15-18(14-21(27)26(22)33)16-29-30-23(32)12-13-31-17-28-24(19-8-4-2-5-9-19)25(31)20-10-6-3-7-11-20/h2-11,14-17,33H,12-13H2,1H3,(H,30,32)/b29-16+. The maximum atomic E-state index is 12.4. The number of nitrogens with one attached hydrogen (secondary N) is 1. The molecular formula is C26H23BrN4O3. The van der Waals surface area contributed by atoms with Crippen LogP contribution in [0.5, 0.6) is 11.5 Å². The van der Waals surface area contributed by atoms with Crippen molar-refractivity contribution in [3.8, 4) is 34.0 Å². The van der Waals surface area contributed by atoms with E-state index in [4.69, 9.17) is 4.74 Å². The number of phenolic OH excluding ortho intramolecular Hbond substituents is 1. The minimum Gasteiger partial charge on any atom is -0.503 e. The number of hydrazone groups is 1. The van der Waals surface area contributed by atoms with Crippen molar-refractivity contribution in [1.82, 2.24) is 15.0 Å². The highest BCUT2D eigenvalue weighted by Gasteiger charge is 2.15. The van der Waals surface area contributed by atoms with Crippen molar-refractivity contribution in [3.63, 3.8) is 0 Å². The van der Waals surface area contributed by atoms with Gasteiger partial charge in [-0.1, -0.05) is 60.7 Å². The van der Waals surface area contributed by atoms with Crippen LogP contribution in [0.4, 0.5) is 0 Å². The summed E-state index contributed by atoms with van der Waals surface area (Å²) in [5, 5.41) is 13.9. The Labute approximate surface area is 205 Å².